The van der Waals surface area contributed by atoms with Crippen molar-refractivity contribution in [2.45, 2.75) is 18.3 Å². The molecular weight excluding hydrogens is 220 g/mol. The summed E-state index contributed by atoms with van der Waals surface area (Å²) in [4.78, 5) is 26.4. The van der Waals surface area contributed by atoms with Crippen LogP contribution in [0.25, 0.3) is 0 Å². The van der Waals surface area contributed by atoms with Crippen molar-refractivity contribution in [2.75, 3.05) is 6.61 Å². The standard InChI is InChI=1S/C5H11O8P/c6-1-3(7)5(9)4(8)2-13-14(10,11)12/h1,3-5,7-9H,2H2,(H2,10,11,12)/t3-,4+,5-/m0/s1/i1+1. The fraction of sp³-hybridized carbons (Fsp3) is 0.800. The minimum atomic E-state index is -4.74. The van der Waals surface area contributed by atoms with Gasteiger partial charge in [-0.15, -0.1) is 0 Å². The Balaban J connectivity index is 4.02. The minimum Gasteiger partial charge on any atom is -0.388 e. The van der Waals surface area contributed by atoms with Crippen LogP contribution in [-0.4, -0.2) is 56.3 Å². The van der Waals surface area contributed by atoms with Crippen molar-refractivity contribution in [2.24, 2.45) is 0 Å². The maximum Gasteiger partial charge on any atom is 0.469 e. The number of phosphoric ester groups is 1. The quantitative estimate of drug-likeness (QED) is 0.190. The van der Waals surface area contributed by atoms with Crippen LogP contribution in [0.3, 0.4) is 0 Å². The van der Waals surface area contributed by atoms with E-state index in [0.717, 1.165) is 0 Å². The summed E-state index contributed by atoms with van der Waals surface area (Å²) in [6.07, 6.45) is -5.46. The molecule has 0 amide bonds. The molecule has 0 aromatic rings. The van der Waals surface area contributed by atoms with E-state index < -0.39 is 32.7 Å². The van der Waals surface area contributed by atoms with Crippen molar-refractivity contribution in [1.82, 2.24) is 0 Å². The molecule has 0 saturated carbocycles. The lowest BCUT2D eigenvalue weighted by molar-refractivity contribution is -0.127. The van der Waals surface area contributed by atoms with E-state index >= 15 is 0 Å². The van der Waals surface area contributed by atoms with Crippen molar-refractivity contribution < 1.29 is 39.0 Å². The summed E-state index contributed by atoms with van der Waals surface area (Å²) in [5.74, 6) is 0. The van der Waals surface area contributed by atoms with E-state index in [0.29, 0.717) is 0 Å². The van der Waals surface area contributed by atoms with Crippen molar-refractivity contribution in [3.05, 3.63) is 0 Å². The van der Waals surface area contributed by atoms with Crippen LogP contribution in [0.15, 0.2) is 0 Å². The Morgan fingerprint density at radius 2 is 1.79 bits per heavy atom. The second-order valence-electron chi connectivity index (χ2n) is 2.47. The summed E-state index contributed by atoms with van der Waals surface area (Å²) in [7, 11) is -4.74. The monoisotopic (exact) mass is 231 g/mol. The van der Waals surface area contributed by atoms with Crippen molar-refractivity contribution in [3.63, 3.8) is 0 Å². The molecule has 9 heteroatoms. The third kappa shape index (κ3) is 5.40. The molecule has 5 N–H and O–H groups in total. The van der Waals surface area contributed by atoms with E-state index in [1.807, 2.05) is 0 Å². The Bertz CT molecular complexity index is 224. The lowest BCUT2D eigenvalue weighted by atomic mass is 10.2. The molecule has 14 heavy (non-hydrogen) atoms. The Labute approximate surface area is 79.0 Å². The van der Waals surface area contributed by atoms with Crippen LogP contribution in [0, 0.1) is 0 Å². The highest BCUT2D eigenvalue weighted by Gasteiger charge is 2.27. The maximum absolute atomic E-state index is 10.1. The number of hydrogen-bond acceptors (Lipinski definition) is 6. The van der Waals surface area contributed by atoms with Gasteiger partial charge in [0.05, 0.1) is 6.61 Å². The zero-order valence-corrected chi connectivity index (χ0v) is 7.82. The molecule has 0 aliphatic heterocycles. The number of rotatable bonds is 6. The third-order valence-corrected chi connectivity index (χ3v) is 1.78. The Hall–Kier alpha value is -0.340. The number of aliphatic hydroxyl groups excluding tert-OH is 3. The van der Waals surface area contributed by atoms with E-state index in [1.165, 1.54) is 0 Å². The van der Waals surface area contributed by atoms with E-state index in [2.05, 4.69) is 4.52 Å². The molecular formula is C5H11O8P. The molecule has 0 heterocycles. The topological polar surface area (TPSA) is 145 Å². The molecule has 0 saturated heterocycles. The van der Waals surface area contributed by atoms with Gasteiger partial charge in [-0.25, -0.2) is 4.57 Å². The highest BCUT2D eigenvalue weighted by molar-refractivity contribution is 7.46. The number of carbonyl (C=O) groups excluding carboxylic acids is 1. The molecule has 0 unspecified atom stereocenters. The Morgan fingerprint density at radius 1 is 1.29 bits per heavy atom. The first-order valence-corrected chi connectivity index (χ1v) is 5.00. The lowest BCUT2D eigenvalue weighted by Crippen LogP contribution is -2.40. The van der Waals surface area contributed by atoms with Crippen LogP contribution < -0.4 is 0 Å². The van der Waals surface area contributed by atoms with Gasteiger partial charge in [-0.2, -0.15) is 0 Å². The first-order chi connectivity index (χ1) is 6.28. The molecule has 0 radical (unpaired) electrons. The SMILES string of the molecule is O=[13CH][C@H](O)[C@H](O)[C@H](O)COP(=O)(O)O. The fourth-order valence-corrected chi connectivity index (χ4v) is 0.927. The first-order valence-electron chi connectivity index (χ1n) is 3.47. The molecule has 84 valence electrons. The largest absolute Gasteiger partial charge is 0.469 e. The molecule has 0 fully saturated rings. The highest BCUT2D eigenvalue weighted by Crippen LogP contribution is 2.35. The van der Waals surface area contributed by atoms with Crippen molar-refractivity contribution in [3.8, 4) is 0 Å². The van der Waals surface area contributed by atoms with Crippen molar-refractivity contribution in [1.29, 1.82) is 0 Å². The molecule has 0 aromatic carbocycles. The first kappa shape index (κ1) is 13.7. The molecule has 8 nitrogen and oxygen atoms in total. The van der Waals surface area contributed by atoms with Crippen LogP contribution in [0.5, 0.6) is 0 Å². The molecule has 0 spiro atoms. The second-order valence-corrected chi connectivity index (χ2v) is 3.71. The number of phosphoric acid groups is 1. The number of aliphatic hydroxyl groups is 3. The lowest BCUT2D eigenvalue weighted by Gasteiger charge is -2.19. The summed E-state index contributed by atoms with van der Waals surface area (Å²) in [5.41, 5.74) is 0. The van der Waals surface area contributed by atoms with Gasteiger partial charge in [-0.05, 0) is 0 Å². The van der Waals surface area contributed by atoms with Gasteiger partial charge < -0.3 is 29.9 Å². The van der Waals surface area contributed by atoms with Gasteiger partial charge in [-0.1, -0.05) is 0 Å². The van der Waals surface area contributed by atoms with E-state index in [1.54, 1.807) is 0 Å². The van der Waals surface area contributed by atoms with E-state index in [4.69, 9.17) is 25.1 Å². The summed E-state index contributed by atoms with van der Waals surface area (Å²) < 4.78 is 14.0. The van der Waals surface area contributed by atoms with Crippen LogP contribution in [-0.2, 0) is 13.9 Å². The van der Waals surface area contributed by atoms with Gasteiger partial charge in [0.25, 0.3) is 0 Å². The summed E-state index contributed by atoms with van der Waals surface area (Å²) in [5, 5.41) is 26.6. The average Bonchev–Trinajstić information content (AvgIpc) is 2.10. The zero-order valence-electron chi connectivity index (χ0n) is 6.92. The van der Waals surface area contributed by atoms with Crippen LogP contribution in [0.4, 0.5) is 0 Å². The zero-order chi connectivity index (χ0) is 11.4. The van der Waals surface area contributed by atoms with Gasteiger partial charge in [-0.3, -0.25) is 4.52 Å². The van der Waals surface area contributed by atoms with E-state index in [9.17, 15) is 9.36 Å². The average molecular weight is 231 g/mol. The van der Waals surface area contributed by atoms with Gasteiger partial charge in [0, 0.05) is 0 Å². The van der Waals surface area contributed by atoms with Gasteiger partial charge in [0.1, 0.15) is 18.3 Å². The number of aldehydes is 1. The maximum atomic E-state index is 10.1. The predicted molar refractivity (Wildman–Crippen MR) is 42.1 cm³/mol. The van der Waals surface area contributed by atoms with E-state index in [-0.39, 0.29) is 6.29 Å². The van der Waals surface area contributed by atoms with Crippen LogP contribution in [0.2, 0.25) is 0 Å². The van der Waals surface area contributed by atoms with Crippen molar-refractivity contribution >= 4 is 14.1 Å². The second kappa shape index (κ2) is 5.52. The van der Waals surface area contributed by atoms with Gasteiger partial charge >= 0.3 is 7.82 Å². The molecule has 0 aliphatic carbocycles. The number of hydrogen-bond donors (Lipinski definition) is 5. The summed E-state index contributed by atoms with van der Waals surface area (Å²) in [6, 6.07) is 0. The van der Waals surface area contributed by atoms with Gasteiger partial charge in [0.15, 0.2) is 6.29 Å². The van der Waals surface area contributed by atoms with Crippen LogP contribution >= 0.6 is 7.82 Å². The van der Waals surface area contributed by atoms with Crippen LogP contribution in [0.1, 0.15) is 0 Å². The summed E-state index contributed by atoms with van der Waals surface area (Å²) in [6.45, 7) is -0.893. The molecule has 0 rings (SSSR count). The molecule has 3 atom stereocenters. The smallest absolute Gasteiger partial charge is 0.388 e. The minimum absolute atomic E-state index is 0.0225. The normalized spacial score (nSPS) is 18.6. The molecule has 0 aromatic heterocycles. The Morgan fingerprint density at radius 3 is 2.14 bits per heavy atom. The summed E-state index contributed by atoms with van der Waals surface area (Å²) >= 11 is 0. The molecule has 0 bridgehead atoms. The highest BCUT2D eigenvalue weighted by atomic mass is 31.2. The fourth-order valence-electron chi connectivity index (χ4n) is 0.580. The molecule has 0 aliphatic rings. The Kier molecular flexibility index (Phi) is 5.38. The third-order valence-electron chi connectivity index (χ3n) is 1.30. The predicted octanol–water partition coefficient (Wildman–Crippen LogP) is -2.62. The number of carbonyl (C=O) groups is 1. The van der Waals surface area contributed by atoms with Gasteiger partial charge in [0.2, 0.25) is 0 Å².